The van der Waals surface area contributed by atoms with E-state index >= 15 is 0 Å². The van der Waals surface area contributed by atoms with E-state index in [0.29, 0.717) is 30.6 Å². The summed E-state index contributed by atoms with van der Waals surface area (Å²) in [5, 5.41) is 27.9. The van der Waals surface area contributed by atoms with Crippen molar-refractivity contribution >= 4 is 52.3 Å². The molecule has 5 rings (SSSR count). The van der Waals surface area contributed by atoms with Crippen LogP contribution >= 0.6 is 0 Å². The second-order valence-corrected chi connectivity index (χ2v) is 15.6. The molecule has 3 aromatic rings. The van der Waals surface area contributed by atoms with Gasteiger partial charge in [-0.1, -0.05) is 58.4 Å². The summed E-state index contributed by atoms with van der Waals surface area (Å²) in [4.78, 5) is 99.4. The van der Waals surface area contributed by atoms with Gasteiger partial charge in [0.1, 0.15) is 36.0 Å². The van der Waals surface area contributed by atoms with Crippen LogP contribution in [0, 0.1) is 11.8 Å². The average molecular weight is 817 g/mol. The molecule has 7 amide bonds. The number of carbonyl (C=O) groups is 7. The number of aromatic nitrogens is 1. The van der Waals surface area contributed by atoms with Crippen LogP contribution in [0.25, 0.3) is 10.9 Å². The molecular formula is C42H56N8O9. The van der Waals surface area contributed by atoms with E-state index in [1.165, 1.54) is 12.0 Å². The molecule has 0 radical (unpaired) electrons. The Morgan fingerprint density at radius 1 is 0.797 bits per heavy atom. The van der Waals surface area contributed by atoms with Crippen LogP contribution in [0.3, 0.4) is 0 Å². The zero-order valence-electron chi connectivity index (χ0n) is 34.2. The topological polar surface area (TPSA) is 240 Å². The van der Waals surface area contributed by atoms with Gasteiger partial charge in [0.2, 0.25) is 41.4 Å². The van der Waals surface area contributed by atoms with Crippen molar-refractivity contribution in [3.63, 3.8) is 0 Å². The first kappa shape index (κ1) is 44.1. The van der Waals surface area contributed by atoms with Gasteiger partial charge in [0.25, 0.3) is 0 Å². The summed E-state index contributed by atoms with van der Waals surface area (Å²) in [5.74, 6) is -4.54. The first-order valence-electron chi connectivity index (χ1n) is 20.1. The number of rotatable bonds is 9. The normalized spacial score (nSPS) is 22.9. The molecule has 0 saturated carbocycles. The molecule has 3 heterocycles. The van der Waals surface area contributed by atoms with Crippen LogP contribution in [-0.2, 0) is 46.4 Å². The van der Waals surface area contributed by atoms with E-state index in [4.69, 9.17) is 4.74 Å². The largest absolute Gasteiger partial charge is 0.496 e. The number of ether oxygens (including phenoxy) is 1. The molecule has 8 N–H and O–H groups in total. The van der Waals surface area contributed by atoms with Gasteiger partial charge < -0.3 is 51.6 Å². The third kappa shape index (κ3) is 11.2. The lowest BCUT2D eigenvalue weighted by Gasteiger charge is -2.29. The number of aromatic amines is 1. The van der Waals surface area contributed by atoms with Crippen LogP contribution in [0.2, 0.25) is 0 Å². The maximum atomic E-state index is 14.3. The van der Waals surface area contributed by atoms with E-state index in [1.807, 2.05) is 24.3 Å². The van der Waals surface area contributed by atoms with Gasteiger partial charge in [0, 0.05) is 30.1 Å². The van der Waals surface area contributed by atoms with E-state index in [2.05, 4.69) is 50.7 Å². The minimum atomic E-state index is -1.64. The van der Waals surface area contributed by atoms with Crippen molar-refractivity contribution in [1.82, 2.24) is 41.8 Å². The van der Waals surface area contributed by atoms with Gasteiger partial charge in [-0.3, -0.25) is 33.6 Å². The summed E-state index contributed by atoms with van der Waals surface area (Å²) >= 11 is 0. The van der Waals surface area contributed by atoms with Crippen molar-refractivity contribution in [3.05, 3.63) is 65.4 Å². The number of H-pyrrole nitrogens is 1. The number of amides is 7. The monoisotopic (exact) mass is 816 g/mol. The van der Waals surface area contributed by atoms with Crippen LogP contribution in [0.5, 0.6) is 5.75 Å². The average Bonchev–Trinajstić information content (AvgIpc) is 3.89. The lowest BCUT2D eigenvalue weighted by molar-refractivity contribution is -0.141. The number of nitrogens with one attached hydrogen (secondary N) is 7. The highest BCUT2D eigenvalue weighted by Gasteiger charge is 2.39. The molecule has 2 fully saturated rings. The first-order chi connectivity index (χ1) is 28.2. The third-order valence-electron chi connectivity index (χ3n) is 10.9. The summed E-state index contributed by atoms with van der Waals surface area (Å²) in [6.45, 7) is 5.98. The number of nitrogens with zero attached hydrogens (tertiary/aromatic N) is 1. The summed E-state index contributed by atoms with van der Waals surface area (Å²) in [6, 6.07) is 7.55. The number of benzene rings is 2. The summed E-state index contributed by atoms with van der Waals surface area (Å²) in [6.07, 6.45) is 2.48. The summed E-state index contributed by atoms with van der Waals surface area (Å²) in [5.41, 5.74) is 2.62. The molecule has 318 valence electrons. The molecule has 59 heavy (non-hydrogen) atoms. The molecule has 17 heteroatoms. The highest BCUT2D eigenvalue weighted by Crippen LogP contribution is 2.28. The van der Waals surface area contributed by atoms with Crippen LogP contribution in [0.15, 0.2) is 48.7 Å². The lowest BCUT2D eigenvalue weighted by Crippen LogP contribution is -2.56. The van der Waals surface area contributed by atoms with Gasteiger partial charge in [-0.25, -0.2) is 0 Å². The van der Waals surface area contributed by atoms with Crippen LogP contribution in [0.4, 0.5) is 0 Å². The van der Waals surface area contributed by atoms with Crippen molar-refractivity contribution in [2.75, 3.05) is 33.3 Å². The van der Waals surface area contributed by atoms with Crippen LogP contribution < -0.4 is 36.6 Å². The SMILES string of the molecule is CCC(C)Cc1cc(C(O)C2NC(=O)CNC(=O)[C@H](C(C)C)NC(=O)CNC(=O)[C@@H]3CCCN3C(=O)[C@@H](Cc3c[nH]c4ccccc34)NC(=O)CNC2=O)ccc1OC. The predicted molar refractivity (Wildman–Crippen MR) is 218 cm³/mol. The van der Waals surface area contributed by atoms with Crippen molar-refractivity contribution < 1.29 is 43.4 Å². The number of hydrogen-bond donors (Lipinski definition) is 8. The number of carbonyl (C=O) groups excluding carboxylic acids is 7. The molecule has 2 aromatic carbocycles. The molecule has 6 atom stereocenters. The van der Waals surface area contributed by atoms with Crippen molar-refractivity contribution in [1.29, 1.82) is 0 Å². The Morgan fingerprint density at radius 2 is 1.42 bits per heavy atom. The van der Waals surface area contributed by atoms with Crippen LogP contribution in [-0.4, -0.2) is 114 Å². The second-order valence-electron chi connectivity index (χ2n) is 15.6. The van der Waals surface area contributed by atoms with E-state index in [-0.39, 0.29) is 18.9 Å². The molecule has 1 aromatic heterocycles. The molecule has 2 aliphatic heterocycles. The lowest BCUT2D eigenvalue weighted by atomic mass is 9.93. The Morgan fingerprint density at radius 3 is 2.08 bits per heavy atom. The molecule has 0 aliphatic carbocycles. The van der Waals surface area contributed by atoms with E-state index in [0.717, 1.165) is 28.5 Å². The predicted octanol–water partition coefficient (Wildman–Crippen LogP) is 0.505. The number of aliphatic hydroxyl groups is 1. The third-order valence-corrected chi connectivity index (χ3v) is 10.9. The van der Waals surface area contributed by atoms with Gasteiger partial charge in [-0.15, -0.1) is 0 Å². The van der Waals surface area contributed by atoms with Crippen LogP contribution in [0.1, 0.15) is 69.8 Å². The van der Waals surface area contributed by atoms with E-state index in [9.17, 15) is 38.7 Å². The standard InChI is InChI=1S/C42H56N8O9/c1-6-24(4)16-26-17-25(13-14-32(26)59-5)38(54)37-41(57)46-20-33(51)47-30(18-27-19-43-29-11-8-7-10-28(27)29)42(58)50-15-9-12-31(50)39(55)44-21-34(52)48-36(23(2)3)40(56)45-22-35(53)49-37/h7-8,10-11,13-14,17,19,23-24,30-31,36-38,43,54H,6,9,12,15-16,18,20-22H2,1-5H3,(H,44,55)(H,45,56)(H,46,57)(H,47,51)(H,48,52)(H,49,53)/t24?,30-,31+,36+,37?,38?/m1/s1. The maximum Gasteiger partial charge on any atom is 0.246 e. The van der Waals surface area contributed by atoms with E-state index < -0.39 is 97.2 Å². The maximum absolute atomic E-state index is 14.3. The molecule has 17 nitrogen and oxygen atoms in total. The number of hydrogen-bond acceptors (Lipinski definition) is 9. The molecule has 0 spiro atoms. The number of aliphatic hydroxyl groups excluding tert-OH is 1. The Bertz CT molecular complexity index is 2030. The minimum absolute atomic E-state index is 0.0429. The summed E-state index contributed by atoms with van der Waals surface area (Å²) in [7, 11) is 1.53. The van der Waals surface area contributed by atoms with Gasteiger partial charge in [0.05, 0.1) is 26.7 Å². The highest BCUT2D eigenvalue weighted by atomic mass is 16.5. The Labute approximate surface area is 343 Å². The zero-order chi connectivity index (χ0) is 42.8. The number of methoxy groups -OCH3 is 1. The highest BCUT2D eigenvalue weighted by molar-refractivity contribution is 5.97. The van der Waals surface area contributed by atoms with Crippen molar-refractivity contribution in [3.8, 4) is 5.75 Å². The Kier molecular flexibility index (Phi) is 15.1. The van der Waals surface area contributed by atoms with Crippen molar-refractivity contribution in [2.45, 2.75) is 90.1 Å². The van der Waals surface area contributed by atoms with Crippen molar-refractivity contribution in [2.24, 2.45) is 11.8 Å². The number of fused-ring (bicyclic) bond motifs is 2. The Hall–Kier alpha value is -5.97. The fourth-order valence-electron chi connectivity index (χ4n) is 7.43. The zero-order valence-corrected chi connectivity index (χ0v) is 34.2. The van der Waals surface area contributed by atoms with Gasteiger partial charge in [-0.05, 0) is 66.0 Å². The summed E-state index contributed by atoms with van der Waals surface area (Å²) < 4.78 is 5.54. The quantitative estimate of drug-likeness (QED) is 0.150. The fourth-order valence-corrected chi connectivity index (χ4v) is 7.43. The smallest absolute Gasteiger partial charge is 0.246 e. The minimum Gasteiger partial charge on any atom is -0.496 e. The first-order valence-corrected chi connectivity index (χ1v) is 20.1. The van der Waals surface area contributed by atoms with E-state index in [1.54, 1.807) is 38.2 Å². The second kappa shape index (κ2) is 20.1. The molecular weight excluding hydrogens is 761 g/mol. The van der Waals surface area contributed by atoms with Gasteiger partial charge in [0.15, 0.2) is 0 Å². The van der Waals surface area contributed by atoms with Gasteiger partial charge in [-0.2, -0.15) is 0 Å². The molecule has 2 saturated heterocycles. The molecule has 3 unspecified atom stereocenters. The molecule has 0 bridgehead atoms. The van der Waals surface area contributed by atoms with Gasteiger partial charge >= 0.3 is 0 Å². The Balaban J connectivity index is 1.46. The fraction of sp³-hybridized carbons (Fsp3) is 0.500. The molecule has 2 aliphatic rings. The number of para-hydroxylation sites is 1.